The van der Waals surface area contributed by atoms with Gasteiger partial charge in [-0.3, -0.25) is 13.6 Å². The van der Waals surface area contributed by atoms with E-state index in [2.05, 4.69) is 0 Å². The molecule has 0 aromatic rings. The fourth-order valence-electron chi connectivity index (χ4n) is 0.556. The molecule has 0 N–H and O–H groups in total. The molecule has 0 aromatic heterocycles. The summed E-state index contributed by atoms with van der Waals surface area (Å²) in [6.07, 6.45) is 0. The molecular weight excluding hydrogens is 178 g/mol. The number of hydrogen-bond acceptors (Lipinski definition) is 4. The van der Waals surface area contributed by atoms with Crippen LogP contribution in [0.1, 0.15) is 0 Å². The third kappa shape index (κ3) is 2.22. The third-order valence-corrected chi connectivity index (χ3v) is 2.56. The molecule has 0 radical (unpaired) electrons. The van der Waals surface area contributed by atoms with Crippen LogP contribution in [0.2, 0.25) is 0 Å². The lowest BCUT2D eigenvalue weighted by Gasteiger charge is -2.06. The first-order chi connectivity index (χ1) is 4.77. The molecule has 1 saturated heterocycles. The zero-order valence-electron chi connectivity index (χ0n) is 5.29. The Hall–Kier alpha value is 0.400. The summed E-state index contributed by atoms with van der Waals surface area (Å²) in [5, 5.41) is 0. The van der Waals surface area contributed by atoms with Crippen molar-refractivity contribution in [2.75, 3.05) is 25.7 Å². The summed E-state index contributed by atoms with van der Waals surface area (Å²) in [6, 6.07) is 0. The molecule has 0 saturated carbocycles. The lowest BCUT2D eigenvalue weighted by Crippen LogP contribution is -1.93. The van der Waals surface area contributed by atoms with E-state index < -0.39 is 7.82 Å². The summed E-state index contributed by atoms with van der Waals surface area (Å²) in [5.74, 6) is 0.288. The number of rotatable bonds is 3. The summed E-state index contributed by atoms with van der Waals surface area (Å²) >= 11 is 5.28. The minimum absolute atomic E-state index is 0.193. The van der Waals surface area contributed by atoms with Crippen LogP contribution in [0.25, 0.3) is 0 Å². The van der Waals surface area contributed by atoms with Gasteiger partial charge in [0.1, 0.15) is 0 Å². The van der Waals surface area contributed by atoms with Crippen LogP contribution in [0.3, 0.4) is 0 Å². The first-order valence-electron chi connectivity index (χ1n) is 2.86. The van der Waals surface area contributed by atoms with Crippen LogP contribution in [0.5, 0.6) is 0 Å². The van der Waals surface area contributed by atoms with Gasteiger partial charge in [-0.15, -0.1) is 11.6 Å². The fourth-order valence-corrected chi connectivity index (χ4v) is 1.88. The van der Waals surface area contributed by atoms with Gasteiger partial charge in [-0.1, -0.05) is 0 Å². The molecule has 0 aromatic carbocycles. The molecule has 1 aliphatic rings. The smallest absolute Gasteiger partial charge is 0.286 e. The predicted octanol–water partition coefficient (Wildman–Crippen LogP) is 1.40. The predicted molar refractivity (Wildman–Crippen MR) is 36.2 cm³/mol. The first-order valence-corrected chi connectivity index (χ1v) is 4.86. The van der Waals surface area contributed by atoms with E-state index in [4.69, 9.17) is 25.2 Å². The number of phosphoric ester groups is 1. The summed E-state index contributed by atoms with van der Waals surface area (Å²) < 4.78 is 25.2. The average molecular weight is 187 g/mol. The van der Waals surface area contributed by atoms with Crippen molar-refractivity contribution in [1.82, 2.24) is 0 Å². The van der Waals surface area contributed by atoms with E-state index >= 15 is 0 Å². The fraction of sp³-hybridized carbons (Fsp3) is 1.00. The van der Waals surface area contributed by atoms with Crippen LogP contribution < -0.4 is 0 Å². The Labute approximate surface area is 64.0 Å². The van der Waals surface area contributed by atoms with E-state index in [1.165, 1.54) is 0 Å². The van der Waals surface area contributed by atoms with Gasteiger partial charge in [0, 0.05) is 5.88 Å². The SMILES string of the molecule is O=P1(OCCCl)OCCO1. The standard InChI is InChI=1S/C4H8ClO4P/c5-1-2-7-10(6)8-3-4-9-10/h1-4H2. The molecular formula is C4H8ClO4P. The summed E-state index contributed by atoms with van der Waals surface area (Å²) in [5.41, 5.74) is 0. The largest absolute Gasteiger partial charge is 0.474 e. The zero-order valence-corrected chi connectivity index (χ0v) is 6.94. The Morgan fingerprint density at radius 3 is 2.60 bits per heavy atom. The summed E-state index contributed by atoms with van der Waals surface area (Å²) in [4.78, 5) is 0. The first kappa shape index (κ1) is 8.50. The van der Waals surface area contributed by atoms with E-state index in [-0.39, 0.29) is 12.5 Å². The Morgan fingerprint density at radius 1 is 1.50 bits per heavy atom. The lowest BCUT2D eigenvalue weighted by atomic mass is 10.8. The van der Waals surface area contributed by atoms with Crippen molar-refractivity contribution in [1.29, 1.82) is 0 Å². The lowest BCUT2D eigenvalue weighted by molar-refractivity contribution is 0.200. The number of alkyl halides is 1. The van der Waals surface area contributed by atoms with Crippen molar-refractivity contribution >= 4 is 19.4 Å². The molecule has 0 atom stereocenters. The molecule has 60 valence electrons. The van der Waals surface area contributed by atoms with Crippen LogP contribution in [0.4, 0.5) is 0 Å². The molecule has 0 aliphatic carbocycles. The maximum atomic E-state index is 11.0. The molecule has 1 rings (SSSR count). The molecule has 1 aliphatic heterocycles. The highest BCUT2D eigenvalue weighted by molar-refractivity contribution is 7.48. The molecule has 1 heterocycles. The van der Waals surface area contributed by atoms with Gasteiger partial charge in [0.05, 0.1) is 19.8 Å². The van der Waals surface area contributed by atoms with Crippen LogP contribution in [0.15, 0.2) is 0 Å². The van der Waals surface area contributed by atoms with Gasteiger partial charge >= 0.3 is 7.82 Å². The monoisotopic (exact) mass is 186 g/mol. The quantitative estimate of drug-likeness (QED) is 0.494. The molecule has 1 fully saturated rings. The highest BCUT2D eigenvalue weighted by Crippen LogP contribution is 2.52. The Bertz CT molecular complexity index is 140. The van der Waals surface area contributed by atoms with Gasteiger partial charge in [0.2, 0.25) is 0 Å². The van der Waals surface area contributed by atoms with Crippen molar-refractivity contribution in [3.63, 3.8) is 0 Å². The maximum absolute atomic E-state index is 11.0. The number of hydrogen-bond donors (Lipinski definition) is 0. The van der Waals surface area contributed by atoms with E-state index in [1.54, 1.807) is 0 Å². The second-order valence-corrected chi connectivity index (χ2v) is 3.68. The molecule has 0 unspecified atom stereocenters. The highest BCUT2D eigenvalue weighted by Gasteiger charge is 2.31. The maximum Gasteiger partial charge on any atom is 0.474 e. The second kappa shape index (κ2) is 3.69. The third-order valence-electron chi connectivity index (χ3n) is 0.909. The van der Waals surface area contributed by atoms with E-state index in [0.29, 0.717) is 13.2 Å². The van der Waals surface area contributed by atoms with E-state index in [9.17, 15) is 4.57 Å². The number of phosphoric acid groups is 1. The van der Waals surface area contributed by atoms with E-state index in [0.717, 1.165) is 0 Å². The number of halogens is 1. The Balaban J connectivity index is 2.29. The molecule has 0 amide bonds. The van der Waals surface area contributed by atoms with Gasteiger partial charge < -0.3 is 0 Å². The van der Waals surface area contributed by atoms with Crippen molar-refractivity contribution in [3.05, 3.63) is 0 Å². The summed E-state index contributed by atoms with van der Waals surface area (Å²) in [7, 11) is -3.17. The second-order valence-electron chi connectivity index (χ2n) is 1.64. The van der Waals surface area contributed by atoms with Crippen LogP contribution in [-0.2, 0) is 18.1 Å². The van der Waals surface area contributed by atoms with Gasteiger partial charge in [-0.05, 0) is 0 Å². The van der Waals surface area contributed by atoms with Gasteiger partial charge in [0.15, 0.2) is 0 Å². The normalized spacial score (nSPS) is 23.3. The summed E-state index contributed by atoms with van der Waals surface area (Å²) in [6.45, 7) is 0.859. The topological polar surface area (TPSA) is 44.8 Å². The molecule has 10 heavy (non-hydrogen) atoms. The van der Waals surface area contributed by atoms with Crippen LogP contribution in [-0.4, -0.2) is 25.7 Å². The zero-order chi connectivity index (χ0) is 7.45. The van der Waals surface area contributed by atoms with Gasteiger partial charge in [-0.25, -0.2) is 4.57 Å². The van der Waals surface area contributed by atoms with Crippen LogP contribution >= 0.6 is 19.4 Å². The highest BCUT2D eigenvalue weighted by atomic mass is 35.5. The van der Waals surface area contributed by atoms with Crippen molar-refractivity contribution in [2.45, 2.75) is 0 Å². The van der Waals surface area contributed by atoms with Crippen molar-refractivity contribution < 1.29 is 18.1 Å². The Morgan fingerprint density at radius 2 is 2.10 bits per heavy atom. The van der Waals surface area contributed by atoms with Crippen molar-refractivity contribution in [2.24, 2.45) is 0 Å². The van der Waals surface area contributed by atoms with Crippen molar-refractivity contribution in [3.8, 4) is 0 Å². The Kier molecular flexibility index (Phi) is 3.14. The molecule has 0 spiro atoms. The molecule has 0 bridgehead atoms. The van der Waals surface area contributed by atoms with Crippen LogP contribution in [0, 0.1) is 0 Å². The minimum Gasteiger partial charge on any atom is -0.286 e. The minimum atomic E-state index is -3.17. The molecule has 4 nitrogen and oxygen atoms in total. The van der Waals surface area contributed by atoms with E-state index in [1.807, 2.05) is 0 Å². The van der Waals surface area contributed by atoms with Gasteiger partial charge in [0.25, 0.3) is 0 Å². The van der Waals surface area contributed by atoms with Gasteiger partial charge in [-0.2, -0.15) is 0 Å². The molecule has 6 heteroatoms. The average Bonchev–Trinajstić information content (AvgIpc) is 2.33.